The SMILES string of the molecule is Cc1ccc(C)c(NC(=S)NC(=NCc2ccc3c(c2)OCO3)Nc2nc(C)cc(C)n2)c1. The van der Waals surface area contributed by atoms with Crippen LogP contribution in [0.2, 0.25) is 0 Å². The fourth-order valence-electron chi connectivity index (χ4n) is 3.34. The average Bonchev–Trinajstić information content (AvgIpc) is 3.22. The van der Waals surface area contributed by atoms with Crippen LogP contribution in [0.4, 0.5) is 11.6 Å². The number of nitrogens with one attached hydrogen (secondary N) is 3. The van der Waals surface area contributed by atoms with Crippen LogP contribution in [-0.4, -0.2) is 27.8 Å². The smallest absolute Gasteiger partial charge is 0.231 e. The molecule has 0 atom stereocenters. The van der Waals surface area contributed by atoms with Gasteiger partial charge in [-0.2, -0.15) is 0 Å². The third kappa shape index (κ3) is 5.95. The Bertz CT molecular complexity index is 1210. The number of aromatic nitrogens is 2. The Morgan fingerprint density at radius 2 is 1.70 bits per heavy atom. The summed E-state index contributed by atoms with van der Waals surface area (Å²) in [5, 5.41) is 9.96. The van der Waals surface area contributed by atoms with Crippen molar-refractivity contribution in [3.05, 3.63) is 70.5 Å². The average molecular weight is 463 g/mol. The molecular formula is C24H26N6O2S. The third-order valence-corrected chi connectivity index (χ3v) is 5.15. The van der Waals surface area contributed by atoms with E-state index in [0.29, 0.717) is 23.6 Å². The fourth-order valence-corrected chi connectivity index (χ4v) is 3.55. The third-order valence-electron chi connectivity index (χ3n) is 4.94. The molecule has 0 radical (unpaired) electrons. The number of aryl methyl sites for hydroxylation is 4. The van der Waals surface area contributed by atoms with Gasteiger partial charge < -0.3 is 20.1 Å². The van der Waals surface area contributed by atoms with E-state index in [1.165, 1.54) is 0 Å². The zero-order chi connectivity index (χ0) is 23.4. The second-order valence-corrected chi connectivity index (χ2v) is 8.26. The lowest BCUT2D eigenvalue weighted by atomic mass is 10.1. The Morgan fingerprint density at radius 3 is 2.48 bits per heavy atom. The highest BCUT2D eigenvalue weighted by Gasteiger charge is 2.13. The molecule has 170 valence electrons. The summed E-state index contributed by atoms with van der Waals surface area (Å²) in [5.41, 5.74) is 5.85. The molecule has 0 saturated heterocycles. The Kier molecular flexibility index (Phi) is 6.69. The summed E-state index contributed by atoms with van der Waals surface area (Å²) in [6.07, 6.45) is 0. The Labute approximate surface area is 198 Å². The highest BCUT2D eigenvalue weighted by atomic mass is 32.1. The summed E-state index contributed by atoms with van der Waals surface area (Å²) >= 11 is 5.56. The lowest BCUT2D eigenvalue weighted by molar-refractivity contribution is 0.174. The Hall–Kier alpha value is -3.72. The van der Waals surface area contributed by atoms with Crippen molar-refractivity contribution in [3.63, 3.8) is 0 Å². The molecule has 0 fully saturated rings. The molecule has 0 bridgehead atoms. The molecule has 0 aliphatic carbocycles. The first kappa shape index (κ1) is 22.5. The van der Waals surface area contributed by atoms with Crippen LogP contribution in [0, 0.1) is 27.7 Å². The highest BCUT2D eigenvalue weighted by molar-refractivity contribution is 7.80. The zero-order valence-electron chi connectivity index (χ0n) is 19.0. The molecule has 3 aromatic rings. The summed E-state index contributed by atoms with van der Waals surface area (Å²) in [6, 6.07) is 13.8. The Balaban J connectivity index is 1.54. The van der Waals surface area contributed by atoms with Gasteiger partial charge in [-0.25, -0.2) is 15.0 Å². The minimum absolute atomic E-state index is 0.235. The molecule has 8 nitrogen and oxygen atoms in total. The van der Waals surface area contributed by atoms with E-state index >= 15 is 0 Å². The molecular weight excluding hydrogens is 436 g/mol. The first-order valence-electron chi connectivity index (χ1n) is 10.5. The van der Waals surface area contributed by atoms with Gasteiger partial charge in [0.1, 0.15) is 0 Å². The van der Waals surface area contributed by atoms with Crippen molar-refractivity contribution in [2.75, 3.05) is 17.4 Å². The van der Waals surface area contributed by atoms with E-state index in [-0.39, 0.29) is 6.79 Å². The van der Waals surface area contributed by atoms with E-state index in [9.17, 15) is 0 Å². The topological polar surface area (TPSA) is 92.7 Å². The molecule has 0 amide bonds. The van der Waals surface area contributed by atoms with Gasteiger partial charge in [0, 0.05) is 17.1 Å². The minimum atomic E-state index is 0.235. The molecule has 4 rings (SSSR count). The molecule has 0 unspecified atom stereocenters. The maximum Gasteiger partial charge on any atom is 0.231 e. The quantitative estimate of drug-likeness (QED) is 0.299. The molecule has 1 aliphatic heterocycles. The van der Waals surface area contributed by atoms with Crippen LogP contribution in [0.15, 0.2) is 47.5 Å². The second kappa shape index (κ2) is 9.83. The van der Waals surface area contributed by atoms with Crippen molar-refractivity contribution in [2.24, 2.45) is 4.99 Å². The highest BCUT2D eigenvalue weighted by Crippen LogP contribution is 2.32. The maximum atomic E-state index is 5.56. The predicted octanol–water partition coefficient (Wildman–Crippen LogP) is 4.39. The van der Waals surface area contributed by atoms with Gasteiger partial charge in [-0.05, 0) is 80.9 Å². The van der Waals surface area contributed by atoms with Gasteiger partial charge in [0.05, 0.1) is 6.54 Å². The first-order valence-corrected chi connectivity index (χ1v) is 10.9. The van der Waals surface area contributed by atoms with E-state index in [2.05, 4.69) is 43.0 Å². The van der Waals surface area contributed by atoms with E-state index in [4.69, 9.17) is 21.7 Å². The molecule has 0 saturated carbocycles. The molecule has 33 heavy (non-hydrogen) atoms. The van der Waals surface area contributed by atoms with Gasteiger partial charge in [-0.3, -0.25) is 5.32 Å². The van der Waals surface area contributed by atoms with E-state index < -0.39 is 0 Å². The lowest BCUT2D eigenvalue weighted by Gasteiger charge is -2.16. The van der Waals surface area contributed by atoms with Crippen molar-refractivity contribution in [1.82, 2.24) is 15.3 Å². The number of hydrogen-bond acceptors (Lipinski definition) is 6. The number of thiocarbonyl (C=S) groups is 1. The summed E-state index contributed by atoms with van der Waals surface area (Å²) in [5.74, 6) is 2.33. The van der Waals surface area contributed by atoms with Crippen LogP contribution in [0.1, 0.15) is 28.1 Å². The summed E-state index contributed by atoms with van der Waals surface area (Å²) in [4.78, 5) is 13.6. The molecule has 1 aliphatic rings. The number of hydrogen-bond donors (Lipinski definition) is 3. The number of guanidine groups is 1. The van der Waals surface area contributed by atoms with Crippen LogP contribution in [0.5, 0.6) is 11.5 Å². The predicted molar refractivity (Wildman–Crippen MR) is 134 cm³/mol. The van der Waals surface area contributed by atoms with Crippen LogP contribution in [0.25, 0.3) is 0 Å². The van der Waals surface area contributed by atoms with Gasteiger partial charge in [-0.15, -0.1) is 0 Å². The number of aliphatic imine (C=N–C) groups is 1. The maximum absolute atomic E-state index is 5.56. The monoisotopic (exact) mass is 462 g/mol. The van der Waals surface area contributed by atoms with Crippen LogP contribution >= 0.6 is 12.2 Å². The normalized spacial score (nSPS) is 12.4. The van der Waals surface area contributed by atoms with Crippen molar-refractivity contribution < 1.29 is 9.47 Å². The number of anilines is 2. The van der Waals surface area contributed by atoms with Gasteiger partial charge in [0.25, 0.3) is 0 Å². The van der Waals surface area contributed by atoms with Crippen LogP contribution < -0.4 is 25.4 Å². The van der Waals surface area contributed by atoms with Gasteiger partial charge in [-0.1, -0.05) is 18.2 Å². The minimum Gasteiger partial charge on any atom is -0.454 e. The molecule has 2 aromatic carbocycles. The largest absolute Gasteiger partial charge is 0.454 e. The zero-order valence-corrected chi connectivity index (χ0v) is 19.8. The lowest BCUT2D eigenvalue weighted by Crippen LogP contribution is -2.39. The van der Waals surface area contributed by atoms with Gasteiger partial charge in [0.2, 0.25) is 18.7 Å². The molecule has 3 N–H and O–H groups in total. The van der Waals surface area contributed by atoms with E-state index in [0.717, 1.165) is 45.3 Å². The summed E-state index contributed by atoms with van der Waals surface area (Å²) < 4.78 is 10.8. The van der Waals surface area contributed by atoms with E-state index in [1.54, 1.807) is 0 Å². The Morgan fingerprint density at radius 1 is 0.939 bits per heavy atom. The number of fused-ring (bicyclic) bond motifs is 1. The summed E-state index contributed by atoms with van der Waals surface area (Å²) in [6.45, 7) is 8.54. The standard InChI is InChI=1S/C24H26N6O2S/c1-14-5-6-15(2)19(9-14)28-24(33)30-22(29-23-26-16(3)10-17(4)27-23)25-12-18-7-8-20-21(11-18)32-13-31-20/h5-11H,12-13H2,1-4H3,(H3,25,26,27,28,29,30,33). The number of benzene rings is 2. The first-order chi connectivity index (χ1) is 15.9. The second-order valence-electron chi connectivity index (χ2n) is 7.85. The van der Waals surface area contributed by atoms with Gasteiger partial charge >= 0.3 is 0 Å². The number of nitrogens with zero attached hydrogens (tertiary/aromatic N) is 3. The molecule has 9 heteroatoms. The summed E-state index contributed by atoms with van der Waals surface area (Å²) in [7, 11) is 0. The van der Waals surface area contributed by atoms with Crippen molar-refractivity contribution in [2.45, 2.75) is 34.2 Å². The number of ether oxygens (including phenoxy) is 2. The van der Waals surface area contributed by atoms with Crippen LogP contribution in [-0.2, 0) is 6.54 Å². The van der Waals surface area contributed by atoms with Gasteiger partial charge in [0.15, 0.2) is 16.6 Å². The molecule has 1 aromatic heterocycles. The fraction of sp³-hybridized carbons (Fsp3) is 0.250. The van der Waals surface area contributed by atoms with Crippen molar-refractivity contribution >= 4 is 34.9 Å². The van der Waals surface area contributed by atoms with Crippen molar-refractivity contribution in [1.29, 1.82) is 0 Å². The van der Waals surface area contributed by atoms with Crippen molar-refractivity contribution in [3.8, 4) is 11.5 Å². The molecule has 2 heterocycles. The van der Waals surface area contributed by atoms with E-state index in [1.807, 2.05) is 58.0 Å². The number of rotatable bonds is 4. The van der Waals surface area contributed by atoms with Crippen LogP contribution in [0.3, 0.4) is 0 Å². The molecule has 0 spiro atoms.